The van der Waals surface area contributed by atoms with Crippen molar-refractivity contribution >= 4 is 5.97 Å². The zero-order valence-corrected chi connectivity index (χ0v) is 8.14. The van der Waals surface area contributed by atoms with Gasteiger partial charge in [0.1, 0.15) is 22.8 Å². The summed E-state index contributed by atoms with van der Waals surface area (Å²) in [5.74, 6) is -2.50. The van der Waals surface area contributed by atoms with Crippen LogP contribution < -0.4 is 0 Å². The van der Waals surface area contributed by atoms with Gasteiger partial charge in [0.15, 0.2) is 0 Å². The first-order valence-electron chi connectivity index (χ1n) is 3.98. The van der Waals surface area contributed by atoms with Crippen molar-refractivity contribution in [2.75, 3.05) is 7.11 Å². The van der Waals surface area contributed by atoms with Crippen molar-refractivity contribution in [3.63, 3.8) is 0 Å². The third-order valence-corrected chi connectivity index (χ3v) is 1.87. The molecule has 1 aromatic carbocycles. The van der Waals surface area contributed by atoms with Gasteiger partial charge in [-0.25, -0.2) is 4.79 Å². The summed E-state index contributed by atoms with van der Waals surface area (Å²) in [6.45, 7) is 1.38. The van der Waals surface area contributed by atoms with Gasteiger partial charge in [0.25, 0.3) is 0 Å². The van der Waals surface area contributed by atoms with Gasteiger partial charge >= 0.3 is 5.97 Å². The van der Waals surface area contributed by atoms with E-state index in [9.17, 15) is 20.1 Å². The Labute approximate surface area is 85.2 Å². The van der Waals surface area contributed by atoms with E-state index in [4.69, 9.17) is 0 Å². The summed E-state index contributed by atoms with van der Waals surface area (Å²) in [4.78, 5) is 19.4. The van der Waals surface area contributed by atoms with Gasteiger partial charge in [-0.05, 0) is 6.92 Å². The second kappa shape index (κ2) is 4.05. The molecule has 82 valence electrons. The normalized spacial score (nSPS) is 10.0. The Bertz CT molecular complexity index is 398. The minimum atomic E-state index is -1.05. The summed E-state index contributed by atoms with van der Waals surface area (Å²) in [5, 5.41) is 28.0. The van der Waals surface area contributed by atoms with Crippen molar-refractivity contribution < 1.29 is 29.9 Å². The number of carbonyl (C=O) groups excluding carboxylic acids is 1. The van der Waals surface area contributed by atoms with Crippen LogP contribution in [0.2, 0.25) is 0 Å². The maximum absolute atomic E-state index is 11.2. The van der Waals surface area contributed by atoms with Crippen LogP contribution in [-0.4, -0.2) is 28.4 Å². The maximum atomic E-state index is 11.2. The van der Waals surface area contributed by atoms with Gasteiger partial charge < -0.3 is 15.3 Å². The molecule has 0 aliphatic rings. The van der Waals surface area contributed by atoms with E-state index in [1.807, 2.05) is 0 Å². The van der Waals surface area contributed by atoms with Crippen LogP contribution >= 0.6 is 0 Å². The van der Waals surface area contributed by atoms with E-state index in [1.54, 1.807) is 0 Å². The van der Waals surface area contributed by atoms with Gasteiger partial charge in [0.2, 0.25) is 0 Å². The predicted molar refractivity (Wildman–Crippen MR) is 48.6 cm³/mol. The molecule has 0 radical (unpaired) electrons. The van der Waals surface area contributed by atoms with Crippen LogP contribution in [0.3, 0.4) is 0 Å². The quantitative estimate of drug-likeness (QED) is 0.498. The minimum Gasteiger partial charge on any atom is -0.507 e. The first-order chi connectivity index (χ1) is 6.99. The van der Waals surface area contributed by atoms with Crippen LogP contribution in [0.1, 0.15) is 15.9 Å². The monoisotopic (exact) mass is 214 g/mol. The fourth-order valence-electron chi connectivity index (χ4n) is 1.06. The van der Waals surface area contributed by atoms with E-state index in [-0.39, 0.29) is 11.3 Å². The van der Waals surface area contributed by atoms with Crippen LogP contribution in [0.4, 0.5) is 0 Å². The lowest BCUT2D eigenvalue weighted by Gasteiger charge is -2.08. The van der Waals surface area contributed by atoms with Crippen LogP contribution in [0.25, 0.3) is 0 Å². The Kier molecular flexibility index (Phi) is 3.01. The summed E-state index contributed by atoms with van der Waals surface area (Å²) in [7, 11) is 1.11. The molecule has 3 N–H and O–H groups in total. The summed E-state index contributed by atoms with van der Waals surface area (Å²) >= 11 is 0. The SMILES string of the molecule is COOC(=O)c1c(O)cc(O)c(C)c1O. The summed E-state index contributed by atoms with van der Waals surface area (Å²) in [6, 6.07) is 0.932. The van der Waals surface area contributed by atoms with E-state index >= 15 is 0 Å². The van der Waals surface area contributed by atoms with Gasteiger partial charge in [-0.15, -0.1) is 0 Å². The van der Waals surface area contributed by atoms with Crippen LogP contribution in [0, 0.1) is 6.92 Å². The molecule has 0 saturated heterocycles. The van der Waals surface area contributed by atoms with Crippen molar-refractivity contribution in [3.8, 4) is 17.2 Å². The van der Waals surface area contributed by atoms with Gasteiger partial charge in [-0.3, -0.25) is 4.89 Å². The number of phenolic OH excluding ortho intramolecular Hbond substituents is 3. The largest absolute Gasteiger partial charge is 0.507 e. The summed E-state index contributed by atoms with van der Waals surface area (Å²) in [5.41, 5.74) is -0.386. The molecular weight excluding hydrogens is 204 g/mol. The number of hydrogen-bond donors (Lipinski definition) is 3. The van der Waals surface area contributed by atoms with Crippen molar-refractivity contribution in [1.82, 2.24) is 0 Å². The summed E-state index contributed by atoms with van der Waals surface area (Å²) in [6.07, 6.45) is 0. The van der Waals surface area contributed by atoms with Crippen LogP contribution in [0.5, 0.6) is 17.2 Å². The first kappa shape index (κ1) is 11.1. The first-order valence-corrected chi connectivity index (χ1v) is 3.98. The lowest BCUT2D eigenvalue weighted by molar-refractivity contribution is -0.216. The molecule has 15 heavy (non-hydrogen) atoms. The highest BCUT2D eigenvalue weighted by Crippen LogP contribution is 2.36. The molecule has 0 aliphatic carbocycles. The van der Waals surface area contributed by atoms with Gasteiger partial charge in [-0.2, -0.15) is 4.89 Å². The lowest BCUT2D eigenvalue weighted by Crippen LogP contribution is -2.05. The van der Waals surface area contributed by atoms with E-state index in [0.717, 1.165) is 13.2 Å². The standard InChI is InChI=1S/C9H10O6/c1-4-5(10)3-6(11)7(8(4)12)9(13)15-14-2/h3,10-12H,1-2H3. The molecule has 0 heterocycles. The number of phenols is 3. The lowest BCUT2D eigenvalue weighted by atomic mass is 10.1. The molecule has 0 fully saturated rings. The Morgan fingerprint density at radius 1 is 1.27 bits per heavy atom. The molecular formula is C9H10O6. The van der Waals surface area contributed by atoms with Gasteiger partial charge in [0.05, 0.1) is 7.11 Å². The average molecular weight is 214 g/mol. The Hall–Kier alpha value is -1.95. The zero-order chi connectivity index (χ0) is 11.6. The Balaban J connectivity index is 3.29. The zero-order valence-electron chi connectivity index (χ0n) is 8.14. The van der Waals surface area contributed by atoms with Gasteiger partial charge in [0, 0.05) is 11.6 Å². The molecule has 0 atom stereocenters. The van der Waals surface area contributed by atoms with E-state index in [0.29, 0.717) is 0 Å². The number of rotatable bonds is 2. The molecule has 0 spiro atoms. The average Bonchev–Trinajstić information content (AvgIpc) is 2.15. The van der Waals surface area contributed by atoms with Crippen LogP contribution in [0.15, 0.2) is 6.07 Å². The fraction of sp³-hybridized carbons (Fsp3) is 0.222. The van der Waals surface area contributed by atoms with Crippen LogP contribution in [-0.2, 0) is 9.78 Å². The number of carbonyl (C=O) groups is 1. The fourth-order valence-corrected chi connectivity index (χ4v) is 1.06. The second-order valence-corrected chi connectivity index (χ2v) is 2.80. The second-order valence-electron chi connectivity index (χ2n) is 2.80. The molecule has 1 aromatic rings. The highest BCUT2D eigenvalue weighted by molar-refractivity contribution is 5.96. The molecule has 6 nitrogen and oxygen atoms in total. The van der Waals surface area contributed by atoms with E-state index < -0.39 is 23.0 Å². The maximum Gasteiger partial charge on any atom is 0.380 e. The number of aromatic hydroxyl groups is 3. The minimum absolute atomic E-state index is 0.0656. The van der Waals surface area contributed by atoms with Crippen molar-refractivity contribution in [1.29, 1.82) is 0 Å². The molecule has 0 aromatic heterocycles. The highest BCUT2D eigenvalue weighted by atomic mass is 17.2. The summed E-state index contributed by atoms with van der Waals surface area (Å²) < 4.78 is 0. The smallest absolute Gasteiger partial charge is 0.380 e. The highest BCUT2D eigenvalue weighted by Gasteiger charge is 2.22. The third-order valence-electron chi connectivity index (χ3n) is 1.87. The molecule has 1 rings (SSSR count). The third kappa shape index (κ3) is 1.94. The predicted octanol–water partition coefficient (Wildman–Crippen LogP) is 0.830. The number of benzene rings is 1. The molecule has 0 bridgehead atoms. The molecule has 0 saturated carbocycles. The number of hydrogen-bond acceptors (Lipinski definition) is 6. The van der Waals surface area contributed by atoms with E-state index in [1.165, 1.54) is 6.92 Å². The molecule has 6 heteroatoms. The molecule has 0 amide bonds. The molecule has 0 aliphatic heterocycles. The Morgan fingerprint density at radius 2 is 1.87 bits per heavy atom. The van der Waals surface area contributed by atoms with Gasteiger partial charge in [-0.1, -0.05) is 0 Å². The van der Waals surface area contributed by atoms with Crippen molar-refractivity contribution in [2.45, 2.75) is 6.92 Å². The van der Waals surface area contributed by atoms with E-state index in [2.05, 4.69) is 9.78 Å². The topological polar surface area (TPSA) is 96.2 Å². The van der Waals surface area contributed by atoms with Crippen molar-refractivity contribution in [2.24, 2.45) is 0 Å². The van der Waals surface area contributed by atoms with Crippen molar-refractivity contribution in [3.05, 3.63) is 17.2 Å². The Morgan fingerprint density at radius 3 is 2.40 bits per heavy atom. The molecule has 0 unspecified atom stereocenters.